The molecule has 0 saturated carbocycles. The molecule has 4 nitrogen and oxygen atoms in total. The van der Waals surface area contributed by atoms with Crippen LogP contribution >= 0.6 is 0 Å². The average molecular weight is 278 g/mol. The van der Waals surface area contributed by atoms with Gasteiger partial charge in [-0.1, -0.05) is 19.9 Å². The molecule has 0 atom stereocenters. The molecule has 1 aliphatic rings. The molecule has 5 heteroatoms. The minimum atomic E-state index is -0.377. The lowest BCUT2D eigenvalue weighted by Crippen LogP contribution is -2.58. The summed E-state index contributed by atoms with van der Waals surface area (Å²) in [4.78, 5) is 0. The van der Waals surface area contributed by atoms with E-state index in [1.807, 2.05) is 18.2 Å². The summed E-state index contributed by atoms with van der Waals surface area (Å²) in [6.07, 6.45) is 0. The molecule has 0 amide bonds. The lowest BCUT2D eigenvalue weighted by molar-refractivity contribution is -0.0937. The molecule has 2 rings (SSSR count). The summed E-state index contributed by atoms with van der Waals surface area (Å²) in [6.45, 7) is 9.15. The van der Waals surface area contributed by atoms with E-state index in [0.29, 0.717) is 18.1 Å². The van der Waals surface area contributed by atoms with Crippen molar-refractivity contribution in [3.05, 3.63) is 18.2 Å². The Bertz CT molecular complexity index is 485. The van der Waals surface area contributed by atoms with Gasteiger partial charge in [0.25, 0.3) is 0 Å². The van der Waals surface area contributed by atoms with E-state index >= 15 is 0 Å². The smallest absolute Gasteiger partial charge is 0.493 e. The molecule has 0 aromatic heterocycles. The van der Waals surface area contributed by atoms with Crippen molar-refractivity contribution in [1.82, 2.24) is 0 Å². The van der Waals surface area contributed by atoms with Gasteiger partial charge in [-0.2, -0.15) is 0 Å². The molecule has 1 heterocycles. The Balaban J connectivity index is 2.25. The summed E-state index contributed by atoms with van der Waals surface area (Å²) in [5, 5.41) is 0. The molecule has 1 fully saturated rings. The van der Waals surface area contributed by atoms with Crippen LogP contribution in [-0.4, -0.2) is 33.5 Å². The molecule has 1 aliphatic heterocycles. The van der Waals surface area contributed by atoms with Crippen molar-refractivity contribution in [2.45, 2.75) is 33.3 Å². The first-order valence-corrected chi connectivity index (χ1v) is 6.82. The largest absolute Gasteiger partial charge is 0.494 e. The Labute approximate surface area is 121 Å². The van der Waals surface area contributed by atoms with Crippen molar-refractivity contribution in [1.29, 1.82) is 0 Å². The second kappa shape index (κ2) is 5.30. The average Bonchev–Trinajstić information content (AvgIpc) is 2.41. The molecule has 1 aromatic rings. The molecule has 0 spiro atoms. The van der Waals surface area contributed by atoms with Gasteiger partial charge in [-0.25, -0.2) is 0 Å². The zero-order valence-corrected chi connectivity index (χ0v) is 13.1. The first-order chi connectivity index (χ1) is 9.30. The van der Waals surface area contributed by atoms with Crippen LogP contribution in [0.2, 0.25) is 0 Å². The molecule has 0 radical (unpaired) electrons. The summed E-state index contributed by atoms with van der Waals surface area (Å²) < 4.78 is 22.6. The van der Waals surface area contributed by atoms with Crippen LogP contribution < -0.4 is 14.9 Å². The Hall–Kier alpha value is -1.20. The Morgan fingerprint density at radius 2 is 1.70 bits per heavy atom. The molecule has 110 valence electrons. The van der Waals surface area contributed by atoms with Gasteiger partial charge < -0.3 is 18.8 Å². The van der Waals surface area contributed by atoms with E-state index < -0.39 is 0 Å². The van der Waals surface area contributed by atoms with Gasteiger partial charge in [0.15, 0.2) is 11.5 Å². The van der Waals surface area contributed by atoms with Gasteiger partial charge in [0.05, 0.1) is 19.8 Å². The van der Waals surface area contributed by atoms with E-state index in [1.165, 1.54) is 0 Å². The zero-order valence-electron chi connectivity index (χ0n) is 13.1. The van der Waals surface area contributed by atoms with Crippen molar-refractivity contribution in [2.24, 2.45) is 5.41 Å². The van der Waals surface area contributed by atoms with Gasteiger partial charge in [0, 0.05) is 12.0 Å². The Morgan fingerprint density at radius 1 is 1.05 bits per heavy atom. The fourth-order valence-electron chi connectivity index (χ4n) is 2.08. The Kier molecular flexibility index (Phi) is 4.03. The van der Waals surface area contributed by atoms with Gasteiger partial charge in [-0.05, 0) is 31.4 Å². The summed E-state index contributed by atoms with van der Waals surface area (Å²) >= 11 is 0. The second-order valence-corrected chi connectivity index (χ2v) is 6.27. The van der Waals surface area contributed by atoms with Gasteiger partial charge >= 0.3 is 7.12 Å². The number of hydrogen-bond acceptors (Lipinski definition) is 4. The van der Waals surface area contributed by atoms with E-state index in [1.54, 1.807) is 14.2 Å². The van der Waals surface area contributed by atoms with E-state index in [2.05, 4.69) is 27.7 Å². The standard InChI is InChI=1S/C15H23BO4/c1-14(2)10-19-16(20-15(14,3)4)11-7-8-12(17-5)13(9-11)18-6/h7-9H,10H2,1-6H3. The van der Waals surface area contributed by atoms with Crippen LogP contribution in [0.15, 0.2) is 18.2 Å². The predicted octanol–water partition coefficient (Wildman–Crippen LogP) is 2.25. The molecule has 0 N–H and O–H groups in total. The van der Waals surface area contributed by atoms with Crippen LogP contribution in [0, 0.1) is 5.41 Å². The van der Waals surface area contributed by atoms with Crippen LogP contribution in [0.3, 0.4) is 0 Å². The van der Waals surface area contributed by atoms with Crippen molar-refractivity contribution < 1.29 is 18.8 Å². The topological polar surface area (TPSA) is 36.9 Å². The molecule has 1 saturated heterocycles. The second-order valence-electron chi connectivity index (χ2n) is 6.27. The monoisotopic (exact) mass is 278 g/mol. The third-order valence-corrected chi connectivity index (χ3v) is 4.31. The van der Waals surface area contributed by atoms with Crippen LogP contribution in [0.4, 0.5) is 0 Å². The first-order valence-electron chi connectivity index (χ1n) is 6.82. The molecule has 0 aliphatic carbocycles. The number of rotatable bonds is 3. The number of benzene rings is 1. The number of hydrogen-bond donors (Lipinski definition) is 0. The maximum atomic E-state index is 6.13. The van der Waals surface area contributed by atoms with Gasteiger partial charge in [-0.15, -0.1) is 0 Å². The van der Waals surface area contributed by atoms with Gasteiger partial charge in [0.2, 0.25) is 0 Å². The van der Waals surface area contributed by atoms with Crippen LogP contribution in [0.1, 0.15) is 27.7 Å². The SMILES string of the molecule is COc1ccc(B2OCC(C)(C)C(C)(C)O2)cc1OC. The Morgan fingerprint density at radius 3 is 2.25 bits per heavy atom. The van der Waals surface area contributed by atoms with Crippen molar-refractivity contribution in [2.75, 3.05) is 20.8 Å². The fourth-order valence-corrected chi connectivity index (χ4v) is 2.08. The highest BCUT2D eigenvalue weighted by Gasteiger charge is 2.47. The molecule has 1 aromatic carbocycles. The van der Waals surface area contributed by atoms with Crippen LogP contribution in [-0.2, 0) is 9.31 Å². The highest BCUT2D eigenvalue weighted by atomic mass is 16.6. The third kappa shape index (κ3) is 2.65. The molecule has 0 unspecified atom stereocenters. The van der Waals surface area contributed by atoms with Gasteiger partial charge in [0.1, 0.15) is 0 Å². The normalized spacial score (nSPS) is 20.6. The molecular formula is C15H23BO4. The zero-order chi connectivity index (χ0) is 15.0. The number of methoxy groups -OCH3 is 2. The van der Waals surface area contributed by atoms with E-state index in [-0.39, 0.29) is 18.1 Å². The maximum Gasteiger partial charge on any atom is 0.494 e. The summed E-state index contributed by atoms with van der Waals surface area (Å²) in [5.74, 6) is 1.38. The minimum Gasteiger partial charge on any atom is -0.493 e. The van der Waals surface area contributed by atoms with Crippen molar-refractivity contribution >= 4 is 12.6 Å². The van der Waals surface area contributed by atoms with Crippen molar-refractivity contribution in [3.8, 4) is 11.5 Å². The summed E-state index contributed by atoms with van der Waals surface area (Å²) in [6, 6.07) is 5.71. The third-order valence-electron chi connectivity index (χ3n) is 4.31. The minimum absolute atomic E-state index is 0.0277. The van der Waals surface area contributed by atoms with Crippen LogP contribution in [0.5, 0.6) is 11.5 Å². The highest BCUT2D eigenvalue weighted by Crippen LogP contribution is 2.38. The molecule has 20 heavy (non-hydrogen) atoms. The molecule has 0 bridgehead atoms. The first kappa shape index (κ1) is 15.2. The fraction of sp³-hybridized carbons (Fsp3) is 0.600. The lowest BCUT2D eigenvalue weighted by Gasteiger charge is -2.47. The van der Waals surface area contributed by atoms with Crippen molar-refractivity contribution in [3.63, 3.8) is 0 Å². The van der Waals surface area contributed by atoms with E-state index in [0.717, 1.165) is 5.46 Å². The number of ether oxygens (including phenoxy) is 2. The maximum absolute atomic E-state index is 6.13. The van der Waals surface area contributed by atoms with E-state index in [9.17, 15) is 0 Å². The van der Waals surface area contributed by atoms with Crippen LogP contribution in [0.25, 0.3) is 0 Å². The summed E-state index contributed by atoms with van der Waals surface area (Å²) in [7, 11) is 2.87. The molecular weight excluding hydrogens is 255 g/mol. The quantitative estimate of drug-likeness (QED) is 0.795. The lowest BCUT2D eigenvalue weighted by atomic mass is 9.69. The highest BCUT2D eigenvalue weighted by molar-refractivity contribution is 6.61. The summed E-state index contributed by atoms with van der Waals surface area (Å²) in [5.41, 5.74) is 0.648. The predicted molar refractivity (Wildman–Crippen MR) is 79.8 cm³/mol. The van der Waals surface area contributed by atoms with E-state index in [4.69, 9.17) is 18.8 Å². The van der Waals surface area contributed by atoms with Gasteiger partial charge in [-0.3, -0.25) is 0 Å².